The maximum atomic E-state index is 13.0. The van der Waals surface area contributed by atoms with E-state index < -0.39 is 35.6 Å². The van der Waals surface area contributed by atoms with Gasteiger partial charge in [0.2, 0.25) is 11.7 Å². The van der Waals surface area contributed by atoms with Crippen molar-refractivity contribution >= 4 is 17.8 Å². The highest BCUT2D eigenvalue weighted by molar-refractivity contribution is 6.12. The number of ether oxygens (including phenoxy) is 2. The third kappa shape index (κ3) is 3.92. The average Bonchev–Trinajstić information content (AvgIpc) is 2.21. The summed E-state index contributed by atoms with van der Waals surface area (Å²) in [7, 11) is 0. The van der Waals surface area contributed by atoms with E-state index >= 15 is 0 Å². The quantitative estimate of drug-likeness (QED) is 0.555. The summed E-state index contributed by atoms with van der Waals surface area (Å²) >= 11 is 0. The molecule has 7 heteroatoms. The van der Waals surface area contributed by atoms with E-state index in [0.29, 0.717) is 11.1 Å². The number of hydrogen-bond donors (Lipinski definition) is 0. The van der Waals surface area contributed by atoms with Gasteiger partial charge in [-0.25, -0.2) is 14.1 Å². The molecule has 1 aliphatic heterocycles. The second-order valence-corrected chi connectivity index (χ2v) is 4.63. The van der Waals surface area contributed by atoms with Crippen molar-refractivity contribution in [3.05, 3.63) is 12.0 Å². The molecule has 0 aromatic carbocycles. The minimum Gasteiger partial charge on any atom is -0.422 e. The van der Waals surface area contributed by atoms with Gasteiger partial charge < -0.3 is 9.47 Å². The fraction of sp³-hybridized carbons (Fsp3) is 0.545. The Bertz CT molecular complexity index is 410. The lowest BCUT2D eigenvalue weighted by Gasteiger charge is -2.22. The number of allylic oxidation sites excluding steroid dienone is 1. The molecule has 0 fully saturated rings. The van der Waals surface area contributed by atoms with Crippen molar-refractivity contribution in [3.8, 4) is 0 Å². The molecule has 0 saturated heterocycles. The molecule has 1 aliphatic rings. The van der Waals surface area contributed by atoms with Crippen LogP contribution < -0.4 is 0 Å². The molecule has 0 bridgehead atoms. The van der Waals surface area contributed by atoms with Crippen LogP contribution in [-0.2, 0) is 19.1 Å². The molecule has 0 aromatic rings. The lowest BCUT2D eigenvalue weighted by Crippen LogP contribution is -2.38. The summed E-state index contributed by atoms with van der Waals surface area (Å²) in [4.78, 5) is 34.0. The molecule has 100 valence electrons. The predicted molar refractivity (Wildman–Crippen MR) is 57.8 cm³/mol. The molecule has 0 aliphatic carbocycles. The van der Waals surface area contributed by atoms with Gasteiger partial charge in [0.25, 0.3) is 0 Å². The fourth-order valence-corrected chi connectivity index (χ4v) is 1.05. The number of amides is 2. The van der Waals surface area contributed by atoms with Gasteiger partial charge in [0, 0.05) is 0 Å². The van der Waals surface area contributed by atoms with E-state index in [1.54, 1.807) is 20.8 Å². The molecule has 6 nitrogen and oxygen atoms in total. The number of halogens is 1. The van der Waals surface area contributed by atoms with Gasteiger partial charge in [0.15, 0.2) is 12.6 Å². The molecular formula is C11H14FNO5. The minimum absolute atomic E-state index is 0.366. The molecule has 0 unspecified atom stereocenters. The Morgan fingerprint density at radius 3 is 2.61 bits per heavy atom. The van der Waals surface area contributed by atoms with Crippen molar-refractivity contribution in [3.63, 3.8) is 0 Å². The van der Waals surface area contributed by atoms with Crippen molar-refractivity contribution in [2.75, 3.05) is 6.79 Å². The van der Waals surface area contributed by atoms with Gasteiger partial charge in [0.1, 0.15) is 0 Å². The van der Waals surface area contributed by atoms with Crippen LogP contribution in [0.4, 0.5) is 9.18 Å². The van der Waals surface area contributed by atoms with Crippen LogP contribution in [0.15, 0.2) is 12.0 Å². The molecule has 0 N–H and O–H groups in total. The Balaban J connectivity index is 2.57. The summed E-state index contributed by atoms with van der Waals surface area (Å²) in [5.74, 6) is -2.93. The first-order valence-electron chi connectivity index (χ1n) is 5.24. The highest BCUT2D eigenvalue weighted by Gasteiger charge is 2.31. The molecule has 0 radical (unpaired) electrons. The van der Waals surface area contributed by atoms with Crippen molar-refractivity contribution in [2.45, 2.75) is 32.8 Å². The van der Waals surface area contributed by atoms with Crippen molar-refractivity contribution in [1.82, 2.24) is 4.90 Å². The maximum absolute atomic E-state index is 13.0. The first kappa shape index (κ1) is 14.3. The summed E-state index contributed by atoms with van der Waals surface area (Å²) in [6.45, 7) is 4.90. The largest absolute Gasteiger partial charge is 0.422 e. The van der Waals surface area contributed by atoms with E-state index in [2.05, 4.69) is 4.74 Å². The van der Waals surface area contributed by atoms with E-state index in [1.165, 1.54) is 0 Å². The van der Waals surface area contributed by atoms with Gasteiger partial charge >= 0.3 is 6.09 Å². The van der Waals surface area contributed by atoms with Gasteiger partial charge in [-0.2, -0.15) is 0 Å². The van der Waals surface area contributed by atoms with Gasteiger partial charge in [-0.1, -0.05) is 0 Å². The summed E-state index contributed by atoms with van der Waals surface area (Å²) in [5.41, 5.74) is -0.511. The van der Waals surface area contributed by atoms with Crippen molar-refractivity contribution < 1.29 is 28.2 Å². The second kappa shape index (κ2) is 5.26. The SMILES string of the molecule is CC(C)(C)OCOC(=O)N1C=C(F)C(=O)CC1=O. The number of Topliss-reactive ketones (excluding diaryl/α,β-unsaturated/α-hetero) is 1. The summed E-state index contributed by atoms with van der Waals surface area (Å²) in [6.07, 6.45) is -1.24. The zero-order valence-corrected chi connectivity index (χ0v) is 10.4. The van der Waals surface area contributed by atoms with E-state index in [1.807, 2.05) is 0 Å². The van der Waals surface area contributed by atoms with Crippen LogP contribution in [0, 0.1) is 0 Å². The normalized spacial score (nSPS) is 16.7. The number of carbonyl (C=O) groups is 3. The second-order valence-electron chi connectivity index (χ2n) is 4.63. The summed E-state index contributed by atoms with van der Waals surface area (Å²) in [6, 6.07) is 0. The van der Waals surface area contributed by atoms with Gasteiger partial charge in [0.05, 0.1) is 18.2 Å². The Morgan fingerprint density at radius 2 is 2.06 bits per heavy atom. The Morgan fingerprint density at radius 1 is 1.44 bits per heavy atom. The van der Waals surface area contributed by atoms with Crippen molar-refractivity contribution in [1.29, 1.82) is 0 Å². The maximum Gasteiger partial charge on any atom is 0.422 e. The van der Waals surface area contributed by atoms with Crippen LogP contribution in [0.3, 0.4) is 0 Å². The molecule has 2 amide bonds. The lowest BCUT2D eigenvalue weighted by atomic mass is 10.2. The van der Waals surface area contributed by atoms with Crippen molar-refractivity contribution in [2.24, 2.45) is 0 Å². The zero-order valence-electron chi connectivity index (χ0n) is 10.4. The van der Waals surface area contributed by atoms with Crippen LogP contribution in [0.5, 0.6) is 0 Å². The van der Waals surface area contributed by atoms with Crippen LogP contribution in [0.1, 0.15) is 27.2 Å². The number of carbonyl (C=O) groups excluding carboxylic acids is 3. The average molecular weight is 259 g/mol. The number of imide groups is 1. The molecule has 1 heterocycles. The number of ketones is 1. The Labute approximate surface area is 103 Å². The zero-order chi connectivity index (χ0) is 13.9. The molecule has 0 atom stereocenters. The summed E-state index contributed by atoms with van der Waals surface area (Å²) < 4.78 is 22.7. The third-order valence-electron chi connectivity index (χ3n) is 1.96. The smallest absolute Gasteiger partial charge is 0.422 e. The Kier molecular flexibility index (Phi) is 4.18. The van der Waals surface area contributed by atoms with Crippen LogP contribution in [-0.4, -0.2) is 35.1 Å². The standard InChI is InChI=1S/C11H14FNO5/c1-11(2,3)18-6-17-10(16)13-5-7(12)8(14)4-9(13)15/h5H,4,6H2,1-3H3. The molecule has 18 heavy (non-hydrogen) atoms. The molecule has 0 aromatic heterocycles. The first-order valence-corrected chi connectivity index (χ1v) is 5.24. The predicted octanol–water partition coefficient (Wildman–Crippen LogP) is 1.51. The van der Waals surface area contributed by atoms with E-state index in [-0.39, 0.29) is 6.79 Å². The van der Waals surface area contributed by atoms with Gasteiger partial charge in [-0.05, 0) is 20.8 Å². The minimum atomic E-state index is -1.15. The van der Waals surface area contributed by atoms with E-state index in [4.69, 9.17) is 4.74 Å². The fourth-order valence-electron chi connectivity index (χ4n) is 1.05. The van der Waals surface area contributed by atoms with E-state index in [9.17, 15) is 18.8 Å². The monoisotopic (exact) mass is 259 g/mol. The van der Waals surface area contributed by atoms with Crippen LogP contribution in [0.25, 0.3) is 0 Å². The molecule has 1 rings (SSSR count). The molecule has 0 spiro atoms. The first-order chi connectivity index (χ1) is 8.20. The highest BCUT2D eigenvalue weighted by atomic mass is 19.1. The van der Waals surface area contributed by atoms with Gasteiger partial charge in [-0.15, -0.1) is 0 Å². The molecule has 0 saturated carbocycles. The van der Waals surface area contributed by atoms with Gasteiger partial charge in [-0.3, -0.25) is 9.59 Å². The number of hydrogen-bond acceptors (Lipinski definition) is 5. The summed E-state index contributed by atoms with van der Waals surface area (Å²) in [5, 5.41) is 0. The van der Waals surface area contributed by atoms with Crippen LogP contribution in [0.2, 0.25) is 0 Å². The van der Waals surface area contributed by atoms with Crippen LogP contribution >= 0.6 is 0 Å². The topological polar surface area (TPSA) is 72.9 Å². The van der Waals surface area contributed by atoms with E-state index in [0.717, 1.165) is 0 Å². The Hall–Kier alpha value is -1.76. The third-order valence-corrected chi connectivity index (χ3v) is 1.96. The molecular weight excluding hydrogens is 245 g/mol. The number of nitrogens with zero attached hydrogens (tertiary/aromatic N) is 1. The highest BCUT2D eigenvalue weighted by Crippen LogP contribution is 2.15. The number of rotatable bonds is 2. The lowest BCUT2D eigenvalue weighted by molar-refractivity contribution is -0.135.